The Morgan fingerprint density at radius 2 is 1.86 bits per heavy atom. The fourth-order valence-corrected chi connectivity index (χ4v) is 4.88. The van der Waals surface area contributed by atoms with Crippen molar-refractivity contribution in [3.8, 4) is 11.3 Å². The first kappa shape index (κ1) is 25.3. The van der Waals surface area contributed by atoms with Crippen LogP contribution in [0.25, 0.3) is 11.3 Å². The normalized spacial score (nSPS) is 25.6. The molecule has 0 bridgehead atoms. The molecular formula is C27H27F3N4O3. The van der Waals surface area contributed by atoms with Crippen molar-refractivity contribution in [3.63, 3.8) is 0 Å². The number of anilines is 1. The van der Waals surface area contributed by atoms with Gasteiger partial charge in [0.15, 0.2) is 0 Å². The van der Waals surface area contributed by atoms with Gasteiger partial charge in [-0.3, -0.25) is 9.78 Å². The number of pyridine rings is 2. The van der Waals surface area contributed by atoms with Crippen molar-refractivity contribution in [1.82, 2.24) is 9.97 Å². The lowest BCUT2D eigenvalue weighted by Crippen LogP contribution is -2.60. The van der Waals surface area contributed by atoms with Gasteiger partial charge >= 0.3 is 0 Å². The lowest BCUT2D eigenvalue weighted by molar-refractivity contribution is -0.186. The Bertz CT molecular complexity index is 1340. The topological polar surface area (TPSA) is 110 Å². The van der Waals surface area contributed by atoms with Crippen molar-refractivity contribution in [2.75, 3.05) is 5.32 Å². The number of nitrogens with zero attached hydrogens (tertiary/aromatic N) is 2. The van der Waals surface area contributed by atoms with Gasteiger partial charge in [-0.25, -0.2) is 18.2 Å². The molecule has 5 rings (SSSR count). The molecule has 1 aromatic carbocycles. The number of amides is 1. The summed E-state index contributed by atoms with van der Waals surface area (Å²) in [5.74, 6) is -3.45. The van der Waals surface area contributed by atoms with E-state index in [1.165, 1.54) is 13.1 Å². The molecule has 3 heterocycles. The van der Waals surface area contributed by atoms with Crippen LogP contribution in [0.15, 0.2) is 42.7 Å². The number of aliphatic hydroxyl groups is 1. The third kappa shape index (κ3) is 4.84. The average Bonchev–Trinajstić information content (AvgIpc) is 3.67. The molecule has 4 N–H and O–H groups in total. The zero-order chi connectivity index (χ0) is 26.5. The van der Waals surface area contributed by atoms with Crippen LogP contribution in [0.4, 0.5) is 18.9 Å². The molecule has 0 spiro atoms. The van der Waals surface area contributed by atoms with E-state index in [1.54, 1.807) is 19.2 Å². The maximum atomic E-state index is 14.5. The van der Waals surface area contributed by atoms with E-state index in [9.17, 15) is 23.1 Å². The fraction of sp³-hybridized carbons (Fsp3) is 0.370. The summed E-state index contributed by atoms with van der Waals surface area (Å²) in [6.45, 7) is 3.19. The first-order valence-electron chi connectivity index (χ1n) is 12.1. The Morgan fingerprint density at radius 1 is 1.16 bits per heavy atom. The van der Waals surface area contributed by atoms with Gasteiger partial charge in [0, 0.05) is 17.8 Å². The number of hydrogen-bond donors (Lipinski definition) is 3. The average molecular weight is 513 g/mol. The second-order valence-electron chi connectivity index (χ2n) is 10.00. The largest absolute Gasteiger partial charge is 0.386 e. The highest BCUT2D eigenvalue weighted by molar-refractivity contribution is 6.03. The van der Waals surface area contributed by atoms with Gasteiger partial charge in [-0.1, -0.05) is 0 Å². The van der Waals surface area contributed by atoms with Crippen molar-refractivity contribution in [1.29, 1.82) is 0 Å². The molecule has 1 saturated carbocycles. The van der Waals surface area contributed by atoms with Crippen molar-refractivity contribution in [2.45, 2.75) is 57.0 Å². The third-order valence-electron chi connectivity index (χ3n) is 7.11. The number of nitrogens with one attached hydrogen (secondary N) is 1. The molecular weight excluding hydrogens is 485 g/mol. The molecule has 37 heavy (non-hydrogen) atoms. The summed E-state index contributed by atoms with van der Waals surface area (Å²) in [6, 6.07) is 5.34. The van der Waals surface area contributed by atoms with E-state index in [0.717, 1.165) is 37.1 Å². The number of benzene rings is 1. The van der Waals surface area contributed by atoms with E-state index in [-0.39, 0.29) is 11.6 Å². The summed E-state index contributed by atoms with van der Waals surface area (Å²) in [5, 5.41) is 13.6. The van der Waals surface area contributed by atoms with Crippen LogP contribution in [0.3, 0.4) is 0 Å². The number of carbonyl (C=O) groups is 1. The van der Waals surface area contributed by atoms with Crippen molar-refractivity contribution >= 4 is 11.6 Å². The molecule has 3 aromatic rings. The number of halogens is 3. The summed E-state index contributed by atoms with van der Waals surface area (Å²) >= 11 is 0. The summed E-state index contributed by atoms with van der Waals surface area (Å²) < 4.78 is 49.8. The van der Waals surface area contributed by atoms with Gasteiger partial charge in [0.1, 0.15) is 34.4 Å². The third-order valence-corrected chi connectivity index (χ3v) is 7.11. The predicted molar refractivity (Wildman–Crippen MR) is 130 cm³/mol. The number of aryl methyl sites for hydroxylation is 1. The number of nitrogens with two attached hydrogens (primary N) is 1. The molecule has 10 heteroatoms. The maximum Gasteiger partial charge on any atom is 0.274 e. The molecule has 4 atom stereocenters. The van der Waals surface area contributed by atoms with E-state index in [1.807, 2.05) is 0 Å². The molecule has 194 valence electrons. The summed E-state index contributed by atoms with van der Waals surface area (Å²) in [5.41, 5.74) is 4.90. The van der Waals surface area contributed by atoms with Crippen molar-refractivity contribution in [3.05, 3.63) is 77.0 Å². The summed E-state index contributed by atoms with van der Waals surface area (Å²) in [4.78, 5) is 21.1. The predicted octanol–water partition coefficient (Wildman–Crippen LogP) is 4.44. The van der Waals surface area contributed by atoms with Gasteiger partial charge in [-0.15, -0.1) is 0 Å². The number of hydrogen-bond acceptors (Lipinski definition) is 6. The molecule has 0 radical (unpaired) electrons. The molecule has 1 aliphatic heterocycles. The first-order chi connectivity index (χ1) is 17.6. The Kier molecular flexibility index (Phi) is 6.51. The smallest absolute Gasteiger partial charge is 0.274 e. The minimum Gasteiger partial charge on any atom is -0.386 e. The molecule has 2 aromatic heterocycles. The first-order valence-corrected chi connectivity index (χ1v) is 12.1. The molecule has 2 aliphatic rings. The highest BCUT2D eigenvalue weighted by atomic mass is 19.1. The van der Waals surface area contributed by atoms with Crippen LogP contribution in [0.2, 0.25) is 0 Å². The van der Waals surface area contributed by atoms with E-state index in [4.69, 9.17) is 10.5 Å². The standard InChI is InChI=1S/C27H27F3N4O3/c1-13-9-17(29)23(18(30)10-13)24-16(28)5-6-19(33-24)26(35)34-20-12-32-8-7-15(20)21-11-22(31)27(2,36)25(37-21)14-3-4-14/h5-10,12,14,21-22,25,36H,3-4,11,31H2,1-2H3,(H,34,35)/t21-,22-,25-,27+/m1/s1. The zero-order valence-corrected chi connectivity index (χ0v) is 20.3. The number of rotatable bonds is 5. The Balaban J connectivity index is 1.43. The van der Waals surface area contributed by atoms with Gasteiger partial charge in [-0.2, -0.15) is 0 Å². The molecule has 2 fully saturated rings. The van der Waals surface area contributed by atoms with Crippen LogP contribution in [-0.2, 0) is 4.74 Å². The van der Waals surface area contributed by atoms with Gasteiger partial charge in [0.2, 0.25) is 0 Å². The summed E-state index contributed by atoms with van der Waals surface area (Å²) in [6.07, 6.45) is 4.24. The highest BCUT2D eigenvalue weighted by Gasteiger charge is 2.52. The van der Waals surface area contributed by atoms with Crippen LogP contribution in [0.1, 0.15) is 53.9 Å². The SMILES string of the molecule is Cc1cc(F)c(-c2nc(C(=O)Nc3cnccc3[C@H]3C[C@@H](N)[C@](C)(O)[C@@H](C4CC4)O3)ccc2F)c(F)c1. The van der Waals surface area contributed by atoms with E-state index in [2.05, 4.69) is 15.3 Å². The monoisotopic (exact) mass is 512 g/mol. The molecule has 1 aliphatic carbocycles. The van der Waals surface area contributed by atoms with Crippen LogP contribution in [0.5, 0.6) is 0 Å². The van der Waals surface area contributed by atoms with Gasteiger partial charge in [0.05, 0.1) is 29.7 Å². The quantitative estimate of drug-likeness (QED) is 0.466. The van der Waals surface area contributed by atoms with E-state index < -0.39 is 58.5 Å². The van der Waals surface area contributed by atoms with Gasteiger partial charge < -0.3 is 20.9 Å². The Hall–Kier alpha value is -3.34. The molecule has 1 amide bonds. The number of ether oxygens (including phenoxy) is 1. The fourth-order valence-electron chi connectivity index (χ4n) is 4.88. The molecule has 0 unspecified atom stereocenters. The minimum absolute atomic E-state index is 0.216. The van der Waals surface area contributed by atoms with E-state index in [0.29, 0.717) is 23.2 Å². The van der Waals surface area contributed by atoms with Crippen LogP contribution < -0.4 is 11.1 Å². The molecule has 7 nitrogen and oxygen atoms in total. The Labute approximate surface area is 211 Å². The second-order valence-corrected chi connectivity index (χ2v) is 10.00. The molecule has 1 saturated heterocycles. The summed E-state index contributed by atoms with van der Waals surface area (Å²) in [7, 11) is 0. The van der Waals surface area contributed by atoms with Crippen molar-refractivity contribution in [2.24, 2.45) is 11.7 Å². The number of aromatic nitrogens is 2. The van der Waals surface area contributed by atoms with Gasteiger partial charge in [-0.05, 0) is 74.9 Å². The van der Waals surface area contributed by atoms with Gasteiger partial charge in [0.25, 0.3) is 5.91 Å². The minimum atomic E-state index is -1.18. The van der Waals surface area contributed by atoms with Crippen LogP contribution in [0, 0.1) is 30.3 Å². The van der Waals surface area contributed by atoms with Crippen LogP contribution >= 0.6 is 0 Å². The lowest BCUT2D eigenvalue weighted by atomic mass is 9.80. The number of carbonyl (C=O) groups excluding carboxylic acids is 1. The second kappa shape index (κ2) is 9.51. The van der Waals surface area contributed by atoms with E-state index >= 15 is 0 Å². The van der Waals surface area contributed by atoms with Crippen molar-refractivity contribution < 1.29 is 27.8 Å². The van der Waals surface area contributed by atoms with Crippen LogP contribution in [-0.4, -0.2) is 38.7 Å². The lowest BCUT2D eigenvalue weighted by Gasteiger charge is -2.45. The maximum absolute atomic E-state index is 14.5. The highest BCUT2D eigenvalue weighted by Crippen LogP contribution is 2.47. The zero-order valence-electron chi connectivity index (χ0n) is 20.3. The Morgan fingerprint density at radius 3 is 2.54 bits per heavy atom.